The van der Waals surface area contributed by atoms with Gasteiger partial charge in [-0.3, -0.25) is 0 Å². The molecule has 2 aromatic carbocycles. The summed E-state index contributed by atoms with van der Waals surface area (Å²) in [6.45, 7) is 3.62. The highest BCUT2D eigenvalue weighted by molar-refractivity contribution is 6.02. The summed E-state index contributed by atoms with van der Waals surface area (Å²) in [5.41, 5.74) is 5.14. The van der Waals surface area contributed by atoms with Crippen LogP contribution in [0, 0.1) is 6.92 Å². The fraction of sp³-hybridized carbons (Fsp3) is 0.250. The molecule has 1 aliphatic heterocycles. The topological polar surface area (TPSA) is 72.2 Å². The molecule has 152 valence electrons. The molecule has 2 aromatic heterocycles. The number of aromatic nitrogens is 3. The average Bonchev–Trinajstić information content (AvgIpc) is 3.16. The third-order valence-electron chi connectivity index (χ3n) is 5.60. The van der Waals surface area contributed by atoms with Gasteiger partial charge in [0, 0.05) is 36.7 Å². The standard InChI is InChI=1S/C24H24N4O2/c1-16-3-2-4-19(13-16)28-14-21(17-5-7-20(29)8-6-17)22-23(25-15-26-24(22)28)27-18-9-11-30-12-10-18/h2-8,13-15,18,29H,9-12H2,1H3,(H,25,26,27). The maximum atomic E-state index is 9.75. The van der Waals surface area contributed by atoms with Crippen LogP contribution in [0.25, 0.3) is 27.8 Å². The summed E-state index contributed by atoms with van der Waals surface area (Å²) in [6.07, 6.45) is 5.64. The highest BCUT2D eigenvalue weighted by Crippen LogP contribution is 2.36. The van der Waals surface area contributed by atoms with Crippen LogP contribution in [0.4, 0.5) is 5.82 Å². The van der Waals surface area contributed by atoms with Crippen molar-refractivity contribution in [1.82, 2.24) is 14.5 Å². The molecule has 6 heteroatoms. The number of hydrogen-bond acceptors (Lipinski definition) is 5. The van der Waals surface area contributed by atoms with Crippen molar-refractivity contribution < 1.29 is 9.84 Å². The summed E-state index contributed by atoms with van der Waals surface area (Å²) in [5.74, 6) is 1.08. The van der Waals surface area contributed by atoms with Crippen LogP contribution in [0.15, 0.2) is 61.1 Å². The molecule has 0 atom stereocenters. The van der Waals surface area contributed by atoms with Crippen molar-refractivity contribution in [2.75, 3.05) is 18.5 Å². The minimum absolute atomic E-state index is 0.248. The highest BCUT2D eigenvalue weighted by Gasteiger charge is 2.20. The number of nitrogens with zero attached hydrogens (tertiary/aromatic N) is 3. The van der Waals surface area contributed by atoms with Gasteiger partial charge in [-0.1, -0.05) is 24.3 Å². The average molecular weight is 400 g/mol. The lowest BCUT2D eigenvalue weighted by molar-refractivity contribution is 0.0904. The molecular weight excluding hydrogens is 376 g/mol. The number of hydrogen-bond donors (Lipinski definition) is 2. The number of ether oxygens (including phenoxy) is 1. The molecule has 0 radical (unpaired) electrons. The normalized spacial score (nSPS) is 14.8. The van der Waals surface area contributed by atoms with Crippen LogP contribution in [0.3, 0.4) is 0 Å². The Morgan fingerprint density at radius 2 is 1.87 bits per heavy atom. The summed E-state index contributed by atoms with van der Waals surface area (Å²) < 4.78 is 7.61. The number of benzene rings is 2. The van der Waals surface area contributed by atoms with E-state index in [1.807, 2.05) is 12.1 Å². The highest BCUT2D eigenvalue weighted by atomic mass is 16.5. The van der Waals surface area contributed by atoms with Crippen LogP contribution in [-0.2, 0) is 4.74 Å². The quantitative estimate of drug-likeness (QED) is 0.520. The SMILES string of the molecule is Cc1cccc(-n2cc(-c3ccc(O)cc3)c3c(NC4CCOCC4)ncnc32)c1. The van der Waals surface area contributed by atoms with E-state index in [1.165, 1.54) is 5.56 Å². The Labute approximate surface area is 175 Å². The van der Waals surface area contributed by atoms with Gasteiger partial charge in [0.25, 0.3) is 0 Å². The molecule has 0 spiro atoms. The van der Waals surface area contributed by atoms with Gasteiger partial charge in [0.1, 0.15) is 17.9 Å². The molecule has 0 saturated carbocycles. The van der Waals surface area contributed by atoms with Crippen molar-refractivity contribution in [3.8, 4) is 22.6 Å². The molecule has 4 aromatic rings. The zero-order valence-electron chi connectivity index (χ0n) is 16.9. The Morgan fingerprint density at radius 1 is 1.07 bits per heavy atom. The zero-order chi connectivity index (χ0) is 20.5. The number of aromatic hydroxyl groups is 1. The fourth-order valence-corrected chi connectivity index (χ4v) is 4.04. The fourth-order valence-electron chi connectivity index (χ4n) is 4.04. The van der Waals surface area contributed by atoms with Gasteiger partial charge < -0.3 is 19.7 Å². The first-order chi connectivity index (χ1) is 14.7. The zero-order valence-corrected chi connectivity index (χ0v) is 16.9. The first-order valence-corrected chi connectivity index (χ1v) is 10.3. The van der Waals surface area contributed by atoms with E-state index < -0.39 is 0 Å². The molecule has 0 unspecified atom stereocenters. The molecule has 5 rings (SSSR count). The maximum Gasteiger partial charge on any atom is 0.150 e. The lowest BCUT2D eigenvalue weighted by atomic mass is 10.0. The van der Waals surface area contributed by atoms with Gasteiger partial charge in [-0.05, 0) is 55.2 Å². The molecule has 30 heavy (non-hydrogen) atoms. The third kappa shape index (κ3) is 3.50. The summed E-state index contributed by atoms with van der Waals surface area (Å²) in [6, 6.07) is 16.0. The van der Waals surface area contributed by atoms with Crippen molar-refractivity contribution in [2.24, 2.45) is 0 Å². The summed E-state index contributed by atoms with van der Waals surface area (Å²) in [7, 11) is 0. The monoisotopic (exact) mass is 400 g/mol. The second-order valence-electron chi connectivity index (χ2n) is 7.75. The van der Waals surface area contributed by atoms with Gasteiger partial charge in [-0.15, -0.1) is 0 Å². The van der Waals surface area contributed by atoms with Gasteiger partial charge in [0.15, 0.2) is 5.65 Å². The van der Waals surface area contributed by atoms with Crippen LogP contribution in [0.2, 0.25) is 0 Å². The van der Waals surface area contributed by atoms with E-state index in [0.717, 1.165) is 59.7 Å². The van der Waals surface area contributed by atoms with Crippen molar-refractivity contribution in [1.29, 1.82) is 0 Å². The Bertz CT molecular complexity index is 1180. The predicted molar refractivity (Wildman–Crippen MR) is 118 cm³/mol. The van der Waals surface area contributed by atoms with E-state index in [1.54, 1.807) is 18.5 Å². The number of anilines is 1. The summed E-state index contributed by atoms with van der Waals surface area (Å²) in [5, 5.41) is 14.4. The Hall–Kier alpha value is -3.38. The Balaban J connectivity index is 1.70. The lowest BCUT2D eigenvalue weighted by Gasteiger charge is -2.24. The molecule has 1 aliphatic rings. The Morgan fingerprint density at radius 3 is 2.63 bits per heavy atom. The summed E-state index contributed by atoms with van der Waals surface area (Å²) >= 11 is 0. The number of aryl methyl sites for hydroxylation is 1. The van der Waals surface area contributed by atoms with E-state index in [4.69, 9.17) is 4.74 Å². The largest absolute Gasteiger partial charge is 0.508 e. The minimum Gasteiger partial charge on any atom is -0.508 e. The van der Waals surface area contributed by atoms with E-state index in [0.29, 0.717) is 6.04 Å². The second kappa shape index (κ2) is 7.80. The van der Waals surface area contributed by atoms with E-state index in [9.17, 15) is 5.11 Å². The molecule has 0 amide bonds. The van der Waals surface area contributed by atoms with Crippen LogP contribution in [-0.4, -0.2) is 38.9 Å². The first kappa shape index (κ1) is 18.6. The molecule has 0 bridgehead atoms. The number of rotatable bonds is 4. The maximum absolute atomic E-state index is 9.75. The predicted octanol–water partition coefficient (Wildman–Crippen LogP) is 4.69. The van der Waals surface area contributed by atoms with Crippen LogP contribution in [0.1, 0.15) is 18.4 Å². The van der Waals surface area contributed by atoms with E-state index >= 15 is 0 Å². The van der Waals surface area contributed by atoms with Crippen molar-refractivity contribution in [3.05, 3.63) is 66.6 Å². The molecule has 1 fully saturated rings. The smallest absolute Gasteiger partial charge is 0.150 e. The molecule has 3 heterocycles. The van der Waals surface area contributed by atoms with Gasteiger partial charge >= 0.3 is 0 Å². The minimum atomic E-state index is 0.248. The van der Waals surface area contributed by atoms with Crippen molar-refractivity contribution in [3.63, 3.8) is 0 Å². The number of phenols is 1. The van der Waals surface area contributed by atoms with Crippen molar-refractivity contribution in [2.45, 2.75) is 25.8 Å². The van der Waals surface area contributed by atoms with E-state index in [-0.39, 0.29) is 5.75 Å². The lowest BCUT2D eigenvalue weighted by Crippen LogP contribution is -2.28. The Kier molecular flexibility index (Phi) is 4.85. The van der Waals surface area contributed by atoms with Crippen LogP contribution in [0.5, 0.6) is 5.75 Å². The van der Waals surface area contributed by atoms with Crippen LogP contribution < -0.4 is 5.32 Å². The molecule has 0 aliphatic carbocycles. The molecule has 2 N–H and O–H groups in total. The second-order valence-corrected chi connectivity index (χ2v) is 7.75. The molecule has 1 saturated heterocycles. The van der Waals surface area contributed by atoms with Gasteiger partial charge in [0.05, 0.1) is 5.39 Å². The van der Waals surface area contributed by atoms with E-state index in [2.05, 4.69) is 57.2 Å². The van der Waals surface area contributed by atoms with Gasteiger partial charge in [0.2, 0.25) is 0 Å². The first-order valence-electron chi connectivity index (χ1n) is 10.3. The van der Waals surface area contributed by atoms with Gasteiger partial charge in [-0.25, -0.2) is 9.97 Å². The molecule has 6 nitrogen and oxygen atoms in total. The number of nitrogens with one attached hydrogen (secondary N) is 1. The third-order valence-corrected chi connectivity index (χ3v) is 5.60. The van der Waals surface area contributed by atoms with Crippen LogP contribution >= 0.6 is 0 Å². The number of fused-ring (bicyclic) bond motifs is 1. The number of phenolic OH excluding ortho intramolecular Hbond substituents is 1. The van der Waals surface area contributed by atoms with Gasteiger partial charge in [-0.2, -0.15) is 0 Å². The summed E-state index contributed by atoms with van der Waals surface area (Å²) in [4.78, 5) is 9.25. The molecular formula is C24H24N4O2. The van der Waals surface area contributed by atoms with Crippen molar-refractivity contribution >= 4 is 16.9 Å².